The molecule has 45 heavy (non-hydrogen) atoms. The zero-order valence-corrected chi connectivity index (χ0v) is 27.5. The molecule has 0 unspecified atom stereocenters. The maximum absolute atomic E-state index is 13.4. The molecule has 0 aliphatic carbocycles. The Morgan fingerprint density at radius 2 is 1.60 bits per heavy atom. The van der Waals surface area contributed by atoms with Crippen LogP contribution in [-0.4, -0.2) is 68.8 Å². The van der Waals surface area contributed by atoms with Crippen molar-refractivity contribution in [2.75, 3.05) is 48.1 Å². The van der Waals surface area contributed by atoms with E-state index in [9.17, 15) is 4.79 Å². The van der Waals surface area contributed by atoms with Crippen molar-refractivity contribution in [1.29, 1.82) is 0 Å². The minimum absolute atomic E-state index is 0.0318. The second-order valence-corrected chi connectivity index (χ2v) is 12.3. The van der Waals surface area contributed by atoms with E-state index >= 15 is 0 Å². The Kier molecular flexibility index (Phi) is 11.3. The van der Waals surface area contributed by atoms with Gasteiger partial charge < -0.3 is 23.8 Å². The number of amides is 1. The maximum atomic E-state index is 13.4. The Labute approximate surface area is 270 Å². The fourth-order valence-electron chi connectivity index (χ4n) is 5.88. The first-order valence-corrected chi connectivity index (χ1v) is 16.3. The standard InChI is InChI=1S/C36H43N3O5S/c1-41-30-12-11-29(33(22-30)43-3)23-38(17-14-27-10-13-32(42-2)34(21-27)44-4)24-35-37-31(25-45-35)36(40)39-18-15-28(16-19-39)20-26-8-6-5-7-9-26/h5-13,21-22,25,28H,14-20,23-24H2,1-4H3. The fraction of sp³-hybridized carbons (Fsp3) is 0.389. The van der Waals surface area contributed by atoms with Gasteiger partial charge in [-0.25, -0.2) is 4.98 Å². The molecule has 1 aliphatic heterocycles. The van der Waals surface area contributed by atoms with Crippen LogP contribution in [0.25, 0.3) is 0 Å². The van der Waals surface area contributed by atoms with E-state index in [-0.39, 0.29) is 5.91 Å². The molecule has 0 spiro atoms. The highest BCUT2D eigenvalue weighted by molar-refractivity contribution is 7.09. The van der Waals surface area contributed by atoms with Gasteiger partial charge in [0.05, 0.1) is 35.0 Å². The van der Waals surface area contributed by atoms with Gasteiger partial charge in [0, 0.05) is 43.2 Å². The summed E-state index contributed by atoms with van der Waals surface area (Å²) >= 11 is 1.54. The van der Waals surface area contributed by atoms with Gasteiger partial charge in [-0.1, -0.05) is 42.5 Å². The van der Waals surface area contributed by atoms with Crippen LogP contribution in [0.15, 0.2) is 72.1 Å². The molecule has 238 valence electrons. The summed E-state index contributed by atoms with van der Waals surface area (Å²) in [5, 5.41) is 2.82. The average Bonchev–Trinajstić information content (AvgIpc) is 3.56. The number of methoxy groups -OCH3 is 4. The lowest BCUT2D eigenvalue weighted by molar-refractivity contribution is 0.0685. The molecule has 4 aromatic rings. The third-order valence-electron chi connectivity index (χ3n) is 8.45. The number of carbonyl (C=O) groups is 1. The summed E-state index contributed by atoms with van der Waals surface area (Å²) in [5.74, 6) is 3.59. The van der Waals surface area contributed by atoms with Gasteiger partial charge in [-0.2, -0.15) is 0 Å². The Balaban J connectivity index is 1.25. The van der Waals surface area contributed by atoms with Gasteiger partial charge in [0.2, 0.25) is 0 Å². The number of thiazole rings is 1. The van der Waals surface area contributed by atoms with Gasteiger partial charge in [0.1, 0.15) is 22.2 Å². The summed E-state index contributed by atoms with van der Waals surface area (Å²) in [5.41, 5.74) is 4.11. The van der Waals surface area contributed by atoms with E-state index in [1.807, 2.05) is 40.6 Å². The molecule has 8 nitrogen and oxygen atoms in total. The quantitative estimate of drug-likeness (QED) is 0.157. The van der Waals surface area contributed by atoms with Gasteiger partial charge in [-0.05, 0) is 60.9 Å². The van der Waals surface area contributed by atoms with Crippen molar-refractivity contribution in [2.24, 2.45) is 5.92 Å². The lowest BCUT2D eigenvalue weighted by Crippen LogP contribution is -2.39. The average molecular weight is 630 g/mol. The summed E-state index contributed by atoms with van der Waals surface area (Å²) in [4.78, 5) is 22.6. The number of nitrogens with zero attached hydrogens (tertiary/aromatic N) is 3. The van der Waals surface area contributed by atoms with E-state index < -0.39 is 0 Å². The zero-order chi connectivity index (χ0) is 31.6. The predicted molar refractivity (Wildman–Crippen MR) is 178 cm³/mol. The van der Waals surface area contributed by atoms with E-state index in [1.54, 1.807) is 39.8 Å². The lowest BCUT2D eigenvalue weighted by atomic mass is 9.90. The van der Waals surface area contributed by atoms with Gasteiger partial charge in [-0.15, -0.1) is 11.3 Å². The Bertz CT molecular complexity index is 1530. The van der Waals surface area contributed by atoms with Crippen molar-refractivity contribution in [3.63, 3.8) is 0 Å². The van der Waals surface area contributed by atoms with Crippen LogP contribution in [-0.2, 0) is 25.9 Å². The Morgan fingerprint density at radius 3 is 2.31 bits per heavy atom. The van der Waals surface area contributed by atoms with Crippen molar-refractivity contribution in [3.05, 3.63) is 99.5 Å². The lowest BCUT2D eigenvalue weighted by Gasteiger charge is -2.31. The number of likely N-dealkylation sites (tertiary alicyclic amines) is 1. The molecular formula is C36H43N3O5S. The maximum Gasteiger partial charge on any atom is 0.273 e. The Hall–Kier alpha value is -4.08. The number of ether oxygens (including phenoxy) is 4. The smallest absolute Gasteiger partial charge is 0.273 e. The van der Waals surface area contributed by atoms with Crippen LogP contribution in [0.2, 0.25) is 0 Å². The molecule has 1 fully saturated rings. The number of rotatable bonds is 14. The van der Waals surface area contributed by atoms with Gasteiger partial charge in [-0.3, -0.25) is 9.69 Å². The molecule has 9 heteroatoms. The van der Waals surface area contributed by atoms with Crippen molar-refractivity contribution >= 4 is 17.2 Å². The van der Waals surface area contributed by atoms with E-state index in [2.05, 4.69) is 41.3 Å². The Morgan fingerprint density at radius 1 is 0.844 bits per heavy atom. The van der Waals surface area contributed by atoms with E-state index in [4.69, 9.17) is 23.9 Å². The van der Waals surface area contributed by atoms with Gasteiger partial charge in [0.15, 0.2) is 11.5 Å². The molecule has 1 aliphatic rings. The minimum Gasteiger partial charge on any atom is -0.497 e. The zero-order valence-electron chi connectivity index (χ0n) is 26.7. The summed E-state index contributed by atoms with van der Waals surface area (Å²) in [6.45, 7) is 3.58. The highest BCUT2D eigenvalue weighted by Crippen LogP contribution is 2.30. The van der Waals surface area contributed by atoms with Crippen molar-refractivity contribution in [3.8, 4) is 23.0 Å². The SMILES string of the molecule is COc1ccc(CN(CCc2ccc(OC)c(OC)c2)Cc2nc(C(=O)N3CCC(Cc4ccccc4)CC3)cs2)c(OC)c1. The molecule has 5 rings (SSSR count). The number of hydrogen-bond donors (Lipinski definition) is 0. The van der Waals surface area contributed by atoms with Crippen LogP contribution in [0.5, 0.6) is 23.0 Å². The second kappa shape index (κ2) is 15.8. The first kappa shape index (κ1) is 32.3. The van der Waals surface area contributed by atoms with E-state index in [0.29, 0.717) is 36.2 Å². The monoisotopic (exact) mass is 629 g/mol. The van der Waals surface area contributed by atoms with Crippen LogP contribution >= 0.6 is 11.3 Å². The summed E-state index contributed by atoms with van der Waals surface area (Å²) < 4.78 is 22.0. The largest absolute Gasteiger partial charge is 0.497 e. The highest BCUT2D eigenvalue weighted by atomic mass is 32.1. The number of piperidine rings is 1. The van der Waals surface area contributed by atoms with Crippen molar-refractivity contribution in [2.45, 2.75) is 38.8 Å². The van der Waals surface area contributed by atoms with Crippen LogP contribution in [0, 0.1) is 5.92 Å². The molecule has 2 heterocycles. The normalized spacial score (nSPS) is 13.6. The number of hydrogen-bond acceptors (Lipinski definition) is 8. The van der Waals surface area contributed by atoms with Crippen LogP contribution in [0.4, 0.5) is 0 Å². The molecule has 0 saturated carbocycles. The molecule has 1 saturated heterocycles. The number of benzene rings is 3. The first-order valence-electron chi connectivity index (χ1n) is 15.4. The van der Waals surface area contributed by atoms with Crippen LogP contribution in [0.1, 0.15) is 45.0 Å². The summed E-state index contributed by atoms with van der Waals surface area (Å²) in [7, 11) is 6.62. The van der Waals surface area contributed by atoms with Crippen molar-refractivity contribution < 1.29 is 23.7 Å². The van der Waals surface area contributed by atoms with Crippen LogP contribution < -0.4 is 18.9 Å². The highest BCUT2D eigenvalue weighted by Gasteiger charge is 2.25. The second-order valence-electron chi connectivity index (χ2n) is 11.4. The topological polar surface area (TPSA) is 73.4 Å². The van der Waals surface area contributed by atoms with Crippen molar-refractivity contribution in [1.82, 2.24) is 14.8 Å². The molecule has 0 bridgehead atoms. The molecule has 0 radical (unpaired) electrons. The van der Waals surface area contributed by atoms with Gasteiger partial charge >= 0.3 is 0 Å². The predicted octanol–water partition coefficient (Wildman–Crippen LogP) is 6.52. The number of aromatic nitrogens is 1. The molecule has 0 N–H and O–H groups in total. The molecular weight excluding hydrogens is 586 g/mol. The minimum atomic E-state index is 0.0318. The third-order valence-corrected chi connectivity index (χ3v) is 9.29. The van der Waals surface area contributed by atoms with Crippen LogP contribution in [0.3, 0.4) is 0 Å². The fourth-order valence-corrected chi connectivity index (χ4v) is 6.69. The van der Waals surface area contributed by atoms with E-state index in [0.717, 1.165) is 73.0 Å². The molecule has 0 atom stereocenters. The summed E-state index contributed by atoms with van der Waals surface area (Å²) in [6.07, 6.45) is 3.91. The van der Waals surface area contributed by atoms with Gasteiger partial charge in [0.25, 0.3) is 5.91 Å². The molecule has 3 aromatic carbocycles. The van der Waals surface area contributed by atoms with E-state index in [1.165, 1.54) is 5.56 Å². The third kappa shape index (κ3) is 8.55. The molecule has 1 aromatic heterocycles. The molecule has 1 amide bonds. The number of carbonyl (C=O) groups excluding carboxylic acids is 1. The first-order chi connectivity index (χ1) is 22.0. The summed E-state index contributed by atoms with van der Waals surface area (Å²) in [6, 6.07) is 22.6.